The van der Waals surface area contributed by atoms with Gasteiger partial charge >= 0.3 is 0 Å². The summed E-state index contributed by atoms with van der Waals surface area (Å²) >= 11 is 0. The van der Waals surface area contributed by atoms with Gasteiger partial charge in [0.1, 0.15) is 5.60 Å². The second-order valence-corrected chi connectivity index (χ2v) is 5.77. The predicted octanol–water partition coefficient (Wildman–Crippen LogP) is 1.61. The van der Waals surface area contributed by atoms with E-state index in [9.17, 15) is 4.79 Å². The van der Waals surface area contributed by atoms with E-state index in [1.807, 2.05) is 6.92 Å². The van der Waals surface area contributed by atoms with E-state index in [1.54, 1.807) is 18.5 Å². The van der Waals surface area contributed by atoms with Gasteiger partial charge in [-0.15, -0.1) is 0 Å². The molecular weight excluding hydrogens is 294 g/mol. The van der Waals surface area contributed by atoms with Crippen molar-refractivity contribution in [2.45, 2.75) is 38.3 Å². The van der Waals surface area contributed by atoms with Crippen molar-refractivity contribution < 1.29 is 9.53 Å². The molecule has 0 bridgehead atoms. The quantitative estimate of drug-likeness (QED) is 0.922. The van der Waals surface area contributed by atoms with Gasteiger partial charge in [0.15, 0.2) is 5.82 Å². The summed E-state index contributed by atoms with van der Waals surface area (Å²) in [5, 5.41) is 10.1. The Kier molecular flexibility index (Phi) is 4.57. The van der Waals surface area contributed by atoms with Crippen LogP contribution in [0.3, 0.4) is 0 Å². The lowest BCUT2D eigenvalue weighted by atomic mass is 9.95. The lowest BCUT2D eigenvalue weighted by Crippen LogP contribution is -2.32. The van der Waals surface area contributed by atoms with E-state index in [1.165, 1.54) is 12.4 Å². The van der Waals surface area contributed by atoms with Crippen LogP contribution in [0.4, 0.5) is 0 Å². The summed E-state index contributed by atoms with van der Waals surface area (Å²) in [6.07, 6.45) is 9.51. The Morgan fingerprint density at radius 2 is 2.09 bits per heavy atom. The Labute approximate surface area is 134 Å². The molecule has 1 aliphatic rings. The number of carbonyl (C=O) groups excluding carboxylic acids is 1. The minimum Gasteiger partial charge on any atom is -0.367 e. The van der Waals surface area contributed by atoms with Crippen LogP contribution in [0, 0.1) is 0 Å². The number of ether oxygens (including phenoxy) is 1. The fourth-order valence-corrected chi connectivity index (χ4v) is 2.54. The van der Waals surface area contributed by atoms with Crippen molar-refractivity contribution in [3.8, 4) is 0 Å². The van der Waals surface area contributed by atoms with Gasteiger partial charge < -0.3 is 10.1 Å². The second-order valence-electron chi connectivity index (χ2n) is 5.77. The molecule has 0 aromatic carbocycles. The molecule has 3 rings (SSSR count). The molecule has 1 saturated heterocycles. The Bertz CT molecular complexity index is 654. The highest BCUT2D eigenvalue weighted by atomic mass is 16.5. The Balaban J connectivity index is 1.60. The number of nitrogens with zero attached hydrogens (tertiary/aromatic N) is 4. The zero-order valence-electron chi connectivity index (χ0n) is 13.0. The van der Waals surface area contributed by atoms with Crippen LogP contribution in [0.2, 0.25) is 0 Å². The Morgan fingerprint density at radius 1 is 1.26 bits per heavy atom. The number of hydrogen-bond donors (Lipinski definition) is 1. The van der Waals surface area contributed by atoms with Crippen LogP contribution in [0.15, 0.2) is 30.9 Å². The molecule has 1 unspecified atom stereocenters. The van der Waals surface area contributed by atoms with Crippen LogP contribution in [-0.2, 0) is 16.9 Å². The first kappa shape index (κ1) is 15.5. The maximum Gasteiger partial charge on any atom is 0.253 e. The van der Waals surface area contributed by atoms with E-state index in [4.69, 9.17) is 4.74 Å². The molecule has 1 N–H and O–H groups in total. The number of amides is 1. The van der Waals surface area contributed by atoms with Gasteiger partial charge in [-0.25, -0.2) is 9.97 Å². The van der Waals surface area contributed by atoms with E-state index in [0.717, 1.165) is 31.4 Å². The van der Waals surface area contributed by atoms with Crippen LogP contribution in [0.25, 0.3) is 0 Å². The van der Waals surface area contributed by atoms with Crippen molar-refractivity contribution in [3.63, 3.8) is 0 Å². The minimum absolute atomic E-state index is 0.202. The van der Waals surface area contributed by atoms with Gasteiger partial charge in [0.2, 0.25) is 0 Å². The van der Waals surface area contributed by atoms with Crippen molar-refractivity contribution in [3.05, 3.63) is 47.8 Å². The van der Waals surface area contributed by atoms with Crippen molar-refractivity contribution in [1.82, 2.24) is 25.5 Å². The molecule has 3 heterocycles. The zero-order valence-corrected chi connectivity index (χ0v) is 13.0. The average molecular weight is 313 g/mol. The van der Waals surface area contributed by atoms with Gasteiger partial charge in [-0.3, -0.25) is 4.79 Å². The number of carbonyl (C=O) groups is 1. The maximum atomic E-state index is 11.9. The van der Waals surface area contributed by atoms with Crippen molar-refractivity contribution in [2.24, 2.45) is 0 Å². The van der Waals surface area contributed by atoms with E-state index < -0.39 is 5.60 Å². The second kappa shape index (κ2) is 6.78. The van der Waals surface area contributed by atoms with Crippen LogP contribution in [0.1, 0.15) is 47.9 Å². The monoisotopic (exact) mass is 313 g/mol. The number of nitrogens with one attached hydrogen (secondary N) is 1. The smallest absolute Gasteiger partial charge is 0.253 e. The minimum atomic E-state index is -0.400. The Morgan fingerprint density at radius 3 is 2.74 bits per heavy atom. The lowest BCUT2D eigenvalue weighted by Gasteiger charge is -2.32. The summed E-state index contributed by atoms with van der Waals surface area (Å²) in [7, 11) is 0. The molecule has 1 aliphatic heterocycles. The van der Waals surface area contributed by atoms with Crippen LogP contribution >= 0.6 is 0 Å². The molecular formula is C16H19N5O2. The van der Waals surface area contributed by atoms with Gasteiger partial charge in [0, 0.05) is 31.1 Å². The third-order valence-electron chi connectivity index (χ3n) is 3.95. The molecule has 1 fully saturated rings. The number of aromatic nitrogens is 4. The summed E-state index contributed by atoms with van der Waals surface area (Å²) in [6.45, 7) is 3.13. The lowest BCUT2D eigenvalue weighted by molar-refractivity contribution is -0.0760. The molecule has 7 heteroatoms. The third-order valence-corrected chi connectivity index (χ3v) is 3.95. The first-order chi connectivity index (χ1) is 11.2. The molecule has 1 atom stereocenters. The van der Waals surface area contributed by atoms with Crippen LogP contribution < -0.4 is 5.32 Å². The van der Waals surface area contributed by atoms with Crippen molar-refractivity contribution in [1.29, 1.82) is 0 Å². The van der Waals surface area contributed by atoms with Gasteiger partial charge in [-0.05, 0) is 32.3 Å². The first-order valence-electron chi connectivity index (χ1n) is 7.68. The molecule has 120 valence electrons. The van der Waals surface area contributed by atoms with Crippen LogP contribution in [-0.4, -0.2) is 32.7 Å². The predicted molar refractivity (Wildman–Crippen MR) is 82.4 cm³/mol. The van der Waals surface area contributed by atoms with Crippen molar-refractivity contribution in [2.75, 3.05) is 6.61 Å². The molecule has 7 nitrogen and oxygen atoms in total. The topological polar surface area (TPSA) is 89.9 Å². The molecule has 2 aromatic heterocycles. The largest absolute Gasteiger partial charge is 0.367 e. The highest BCUT2D eigenvalue weighted by molar-refractivity contribution is 5.93. The summed E-state index contributed by atoms with van der Waals surface area (Å²) in [5.41, 5.74) is 0.909. The van der Waals surface area contributed by atoms with Gasteiger partial charge in [0.05, 0.1) is 18.0 Å². The molecule has 0 spiro atoms. The normalized spacial score (nSPS) is 20.9. The average Bonchev–Trinajstić information content (AvgIpc) is 2.61. The van der Waals surface area contributed by atoms with E-state index in [-0.39, 0.29) is 5.91 Å². The standard InChI is InChI=1S/C16H19N5O2/c1-16(5-2-3-7-23-16)15-18-9-12(10-19-15)8-17-14(22)13-4-6-20-21-11-13/h4,6,9-11H,2-3,5,7-8H2,1H3,(H,17,22). The third kappa shape index (κ3) is 3.68. The molecule has 1 amide bonds. The molecule has 23 heavy (non-hydrogen) atoms. The summed E-state index contributed by atoms with van der Waals surface area (Å²) in [4.78, 5) is 20.8. The zero-order chi connectivity index (χ0) is 16.1. The first-order valence-corrected chi connectivity index (χ1v) is 7.68. The van der Waals surface area contributed by atoms with Gasteiger partial charge in [-0.2, -0.15) is 10.2 Å². The highest BCUT2D eigenvalue weighted by Gasteiger charge is 2.32. The molecule has 2 aromatic rings. The maximum absolute atomic E-state index is 11.9. The van der Waals surface area contributed by atoms with Gasteiger partial charge in [-0.1, -0.05) is 0 Å². The Hall–Kier alpha value is -2.41. The summed E-state index contributed by atoms with van der Waals surface area (Å²) < 4.78 is 5.84. The highest BCUT2D eigenvalue weighted by Crippen LogP contribution is 2.32. The summed E-state index contributed by atoms with van der Waals surface area (Å²) in [6, 6.07) is 1.61. The van der Waals surface area contributed by atoms with E-state index in [0.29, 0.717) is 17.9 Å². The molecule has 0 aliphatic carbocycles. The fraction of sp³-hybridized carbons (Fsp3) is 0.438. The van der Waals surface area contributed by atoms with Gasteiger partial charge in [0.25, 0.3) is 5.91 Å². The SMILES string of the molecule is CC1(c2ncc(CNC(=O)c3ccnnc3)cn2)CCCCO1. The van der Waals surface area contributed by atoms with Crippen LogP contribution in [0.5, 0.6) is 0 Å². The molecule has 0 saturated carbocycles. The number of hydrogen-bond acceptors (Lipinski definition) is 6. The van der Waals surface area contributed by atoms with E-state index in [2.05, 4.69) is 25.5 Å². The fourth-order valence-electron chi connectivity index (χ4n) is 2.54. The summed E-state index contributed by atoms with van der Waals surface area (Å²) in [5.74, 6) is 0.497. The van der Waals surface area contributed by atoms with Crippen molar-refractivity contribution >= 4 is 5.91 Å². The molecule has 0 radical (unpaired) electrons. The van der Waals surface area contributed by atoms with E-state index >= 15 is 0 Å². The number of rotatable bonds is 4.